The molecule has 1 heterocycles. The highest BCUT2D eigenvalue weighted by Crippen LogP contribution is 2.33. The van der Waals surface area contributed by atoms with Crippen LogP contribution in [0.5, 0.6) is 5.75 Å². The van der Waals surface area contributed by atoms with Gasteiger partial charge in [0.05, 0.1) is 17.3 Å². The van der Waals surface area contributed by atoms with Gasteiger partial charge >= 0.3 is 5.97 Å². The number of para-hydroxylation sites is 1. The number of thiazole rings is 1. The van der Waals surface area contributed by atoms with Gasteiger partial charge in [0.25, 0.3) is 0 Å². The van der Waals surface area contributed by atoms with Gasteiger partial charge in [0.2, 0.25) is 0 Å². The number of aromatic nitrogens is 1. The van der Waals surface area contributed by atoms with E-state index in [1.165, 1.54) is 16.9 Å². The van der Waals surface area contributed by atoms with Crippen LogP contribution >= 0.6 is 11.3 Å². The molecule has 5 heteroatoms. The van der Waals surface area contributed by atoms with Gasteiger partial charge in [0.15, 0.2) is 0 Å². The first kappa shape index (κ1) is 17.5. The molecule has 0 saturated heterocycles. The summed E-state index contributed by atoms with van der Waals surface area (Å²) in [6.07, 6.45) is 0.608. The minimum Gasteiger partial charge on any atom is -0.493 e. The Morgan fingerprint density at radius 1 is 1.30 bits per heavy atom. The maximum absolute atomic E-state index is 11.1. The Hall–Kier alpha value is -1.88. The number of carbonyl (C=O) groups is 1. The van der Waals surface area contributed by atoms with Gasteiger partial charge in [-0.3, -0.25) is 0 Å². The summed E-state index contributed by atoms with van der Waals surface area (Å²) >= 11 is 1.23. The summed E-state index contributed by atoms with van der Waals surface area (Å²) in [6.45, 7) is 10.7. The summed E-state index contributed by atoms with van der Waals surface area (Å²) in [5, 5.41) is 9.88. The molecule has 2 rings (SSSR count). The van der Waals surface area contributed by atoms with Crippen LogP contribution in [0.25, 0.3) is 0 Å². The summed E-state index contributed by atoms with van der Waals surface area (Å²) < 4.78 is 6.03. The molecule has 0 aliphatic rings. The van der Waals surface area contributed by atoms with Crippen molar-refractivity contribution in [2.75, 3.05) is 6.61 Å². The predicted molar refractivity (Wildman–Crippen MR) is 92.9 cm³/mol. The van der Waals surface area contributed by atoms with Crippen LogP contribution in [-0.2, 0) is 11.8 Å². The molecule has 0 atom stereocenters. The summed E-state index contributed by atoms with van der Waals surface area (Å²) in [5.41, 5.74) is 2.87. The molecule has 0 aliphatic heterocycles. The third-order valence-corrected chi connectivity index (χ3v) is 4.82. The Balaban J connectivity index is 2.10. The molecular weight excluding hydrogens is 310 g/mol. The number of aryl methyl sites for hydroxylation is 2. The van der Waals surface area contributed by atoms with E-state index in [1.54, 1.807) is 6.92 Å². The number of hydrogen-bond acceptors (Lipinski definition) is 4. The van der Waals surface area contributed by atoms with Crippen molar-refractivity contribution in [1.82, 2.24) is 4.98 Å². The van der Waals surface area contributed by atoms with Crippen LogP contribution in [0.15, 0.2) is 18.2 Å². The SMILES string of the molecule is Cc1cccc(C(C)(C)C)c1OCCc1nc(C)c(C(=O)O)s1. The van der Waals surface area contributed by atoms with Gasteiger partial charge in [-0.05, 0) is 30.4 Å². The van der Waals surface area contributed by atoms with E-state index in [4.69, 9.17) is 9.84 Å². The lowest BCUT2D eigenvalue weighted by atomic mass is 9.85. The number of hydrogen-bond donors (Lipinski definition) is 1. The number of benzene rings is 1. The lowest BCUT2D eigenvalue weighted by molar-refractivity contribution is 0.0701. The van der Waals surface area contributed by atoms with Gasteiger partial charge in [0.1, 0.15) is 10.6 Å². The molecule has 1 aromatic heterocycles. The Morgan fingerprint density at radius 3 is 2.57 bits per heavy atom. The van der Waals surface area contributed by atoms with Crippen LogP contribution < -0.4 is 4.74 Å². The maximum atomic E-state index is 11.1. The van der Waals surface area contributed by atoms with Crippen molar-refractivity contribution in [2.24, 2.45) is 0 Å². The van der Waals surface area contributed by atoms with Crippen molar-refractivity contribution < 1.29 is 14.6 Å². The first-order chi connectivity index (χ1) is 10.7. The largest absolute Gasteiger partial charge is 0.493 e. The molecule has 0 bridgehead atoms. The number of aromatic carboxylic acids is 1. The zero-order valence-electron chi connectivity index (χ0n) is 14.3. The van der Waals surface area contributed by atoms with Gasteiger partial charge in [-0.15, -0.1) is 11.3 Å². The minimum absolute atomic E-state index is 0.00952. The van der Waals surface area contributed by atoms with Crippen LogP contribution in [0.1, 0.15) is 52.3 Å². The fraction of sp³-hybridized carbons (Fsp3) is 0.444. The van der Waals surface area contributed by atoms with Gasteiger partial charge in [0, 0.05) is 6.42 Å². The van der Waals surface area contributed by atoms with Crippen molar-refractivity contribution in [3.63, 3.8) is 0 Å². The molecule has 124 valence electrons. The van der Waals surface area contributed by atoms with E-state index >= 15 is 0 Å². The van der Waals surface area contributed by atoms with Crippen LogP contribution in [0.3, 0.4) is 0 Å². The van der Waals surface area contributed by atoms with Crippen LogP contribution in [0.4, 0.5) is 0 Å². The Bertz CT molecular complexity index is 714. The lowest BCUT2D eigenvalue weighted by Gasteiger charge is -2.24. The molecule has 0 aliphatic carbocycles. The van der Waals surface area contributed by atoms with E-state index in [9.17, 15) is 4.79 Å². The van der Waals surface area contributed by atoms with Gasteiger partial charge in [-0.25, -0.2) is 9.78 Å². The average molecular weight is 333 g/mol. The minimum atomic E-state index is -0.916. The number of carboxylic acids is 1. The zero-order valence-corrected chi connectivity index (χ0v) is 15.1. The smallest absolute Gasteiger partial charge is 0.347 e. The van der Waals surface area contributed by atoms with Crippen molar-refractivity contribution in [3.8, 4) is 5.75 Å². The molecule has 1 aromatic carbocycles. The average Bonchev–Trinajstić information content (AvgIpc) is 2.80. The zero-order chi connectivity index (χ0) is 17.2. The molecule has 0 radical (unpaired) electrons. The quantitative estimate of drug-likeness (QED) is 0.882. The van der Waals surface area contributed by atoms with E-state index in [-0.39, 0.29) is 5.41 Å². The second-order valence-corrected chi connectivity index (χ2v) is 7.71. The molecule has 0 unspecified atom stereocenters. The highest BCUT2D eigenvalue weighted by atomic mass is 32.1. The fourth-order valence-corrected chi connectivity index (χ4v) is 3.32. The van der Waals surface area contributed by atoms with E-state index in [0.29, 0.717) is 23.6 Å². The van der Waals surface area contributed by atoms with Crippen LogP contribution in [-0.4, -0.2) is 22.7 Å². The number of ether oxygens (including phenoxy) is 1. The first-order valence-electron chi connectivity index (χ1n) is 7.62. The molecule has 0 spiro atoms. The van der Waals surface area contributed by atoms with E-state index in [2.05, 4.69) is 31.8 Å². The normalized spacial score (nSPS) is 11.5. The third kappa shape index (κ3) is 4.10. The number of rotatable bonds is 5. The van der Waals surface area contributed by atoms with Gasteiger partial charge in [-0.1, -0.05) is 39.0 Å². The first-order valence-corrected chi connectivity index (χ1v) is 8.44. The maximum Gasteiger partial charge on any atom is 0.347 e. The van der Waals surface area contributed by atoms with E-state index < -0.39 is 5.97 Å². The van der Waals surface area contributed by atoms with Gasteiger partial charge < -0.3 is 9.84 Å². The Kier molecular flexibility index (Phi) is 5.09. The molecule has 23 heavy (non-hydrogen) atoms. The van der Waals surface area contributed by atoms with Crippen molar-refractivity contribution in [2.45, 2.75) is 46.5 Å². The Labute approximate surface area is 141 Å². The number of carboxylic acid groups (broad SMARTS) is 1. The summed E-state index contributed by atoms with van der Waals surface area (Å²) in [6, 6.07) is 6.19. The highest BCUT2D eigenvalue weighted by molar-refractivity contribution is 7.13. The van der Waals surface area contributed by atoms with Gasteiger partial charge in [-0.2, -0.15) is 0 Å². The van der Waals surface area contributed by atoms with Crippen molar-refractivity contribution in [3.05, 3.63) is 44.9 Å². The second kappa shape index (κ2) is 6.71. The lowest BCUT2D eigenvalue weighted by Crippen LogP contribution is -2.15. The van der Waals surface area contributed by atoms with E-state index in [1.807, 2.05) is 19.1 Å². The molecular formula is C18H23NO3S. The Morgan fingerprint density at radius 2 is 2.00 bits per heavy atom. The summed E-state index contributed by atoms with van der Waals surface area (Å²) in [5.74, 6) is 0.00725. The summed E-state index contributed by atoms with van der Waals surface area (Å²) in [4.78, 5) is 15.7. The molecule has 4 nitrogen and oxygen atoms in total. The molecule has 1 N–H and O–H groups in total. The van der Waals surface area contributed by atoms with Crippen LogP contribution in [0.2, 0.25) is 0 Å². The molecule has 0 saturated carbocycles. The third-order valence-electron chi connectivity index (χ3n) is 3.62. The fourth-order valence-electron chi connectivity index (χ4n) is 2.43. The number of nitrogens with zero attached hydrogens (tertiary/aromatic N) is 1. The molecule has 0 amide bonds. The summed E-state index contributed by atoms with van der Waals surface area (Å²) in [7, 11) is 0. The van der Waals surface area contributed by atoms with E-state index in [0.717, 1.165) is 16.3 Å². The van der Waals surface area contributed by atoms with Crippen molar-refractivity contribution >= 4 is 17.3 Å². The molecule has 0 fully saturated rings. The topological polar surface area (TPSA) is 59.4 Å². The monoisotopic (exact) mass is 333 g/mol. The second-order valence-electron chi connectivity index (χ2n) is 6.63. The molecule has 2 aromatic rings. The standard InChI is InChI=1S/C18H23NO3S/c1-11-7-6-8-13(18(3,4)5)15(11)22-10-9-14-19-12(2)16(23-14)17(20)21/h6-8H,9-10H2,1-5H3,(H,20,21). The van der Waals surface area contributed by atoms with Crippen LogP contribution in [0, 0.1) is 13.8 Å². The highest BCUT2D eigenvalue weighted by Gasteiger charge is 2.20. The van der Waals surface area contributed by atoms with Crippen molar-refractivity contribution in [1.29, 1.82) is 0 Å². The predicted octanol–water partition coefficient (Wildman–Crippen LogP) is 4.38.